The molecule has 0 atom stereocenters. The zero-order chi connectivity index (χ0) is 11.4. The number of H-pyrrole nitrogens is 1. The van der Waals surface area contributed by atoms with Crippen LogP contribution in [0.4, 0.5) is 0 Å². The molecular formula is C11H11N3O2. The number of nitrogens with one attached hydrogen (secondary N) is 1. The van der Waals surface area contributed by atoms with Crippen LogP contribution >= 0.6 is 0 Å². The Hall–Kier alpha value is -2.17. The minimum Gasteiger partial charge on any atom is -0.461 e. The Morgan fingerprint density at radius 1 is 1.50 bits per heavy atom. The van der Waals surface area contributed by atoms with Gasteiger partial charge in [0.2, 0.25) is 0 Å². The van der Waals surface area contributed by atoms with E-state index in [1.54, 1.807) is 19.2 Å². The number of aromatic nitrogens is 3. The Morgan fingerprint density at radius 3 is 3.06 bits per heavy atom. The van der Waals surface area contributed by atoms with Crippen molar-refractivity contribution in [1.29, 1.82) is 0 Å². The summed E-state index contributed by atoms with van der Waals surface area (Å²) in [5.74, 6) is -0.430. The smallest absolute Gasteiger partial charge is 0.358 e. The van der Waals surface area contributed by atoms with Gasteiger partial charge < -0.3 is 4.74 Å². The summed E-state index contributed by atoms with van der Waals surface area (Å²) in [5.41, 5.74) is 1.71. The topological polar surface area (TPSA) is 67.9 Å². The number of esters is 1. The fourth-order valence-electron chi connectivity index (χ4n) is 1.28. The number of rotatable bonds is 3. The zero-order valence-electron chi connectivity index (χ0n) is 8.80. The summed E-state index contributed by atoms with van der Waals surface area (Å²) in [6, 6.07) is 7.15. The first-order valence-corrected chi connectivity index (χ1v) is 4.95. The van der Waals surface area contributed by atoms with Crippen LogP contribution in [0.3, 0.4) is 0 Å². The molecule has 2 heterocycles. The van der Waals surface area contributed by atoms with Crippen molar-refractivity contribution in [2.75, 3.05) is 6.61 Å². The highest BCUT2D eigenvalue weighted by atomic mass is 16.5. The Morgan fingerprint density at radius 2 is 2.38 bits per heavy atom. The minimum atomic E-state index is -0.430. The predicted octanol–water partition coefficient (Wildman–Crippen LogP) is 1.65. The molecule has 0 amide bonds. The van der Waals surface area contributed by atoms with Gasteiger partial charge >= 0.3 is 5.97 Å². The third-order valence-electron chi connectivity index (χ3n) is 2.00. The van der Waals surface area contributed by atoms with E-state index in [4.69, 9.17) is 4.74 Å². The van der Waals surface area contributed by atoms with Gasteiger partial charge in [0.25, 0.3) is 0 Å². The van der Waals surface area contributed by atoms with E-state index in [1.807, 2.05) is 18.2 Å². The standard InChI is InChI=1S/C11H11N3O2/c1-2-16-11(15)10-7-9(13-14-10)8-5-3-4-6-12-8/h3-7H,2H2,1H3,(H,13,14). The first-order chi connectivity index (χ1) is 7.81. The Labute approximate surface area is 92.5 Å². The summed E-state index contributed by atoms with van der Waals surface area (Å²) >= 11 is 0. The summed E-state index contributed by atoms with van der Waals surface area (Å²) in [4.78, 5) is 15.5. The van der Waals surface area contributed by atoms with Gasteiger partial charge in [-0.05, 0) is 19.1 Å². The number of hydrogen-bond acceptors (Lipinski definition) is 4. The lowest BCUT2D eigenvalue weighted by Gasteiger charge is -1.95. The summed E-state index contributed by atoms with van der Waals surface area (Å²) in [6.45, 7) is 2.09. The van der Waals surface area contributed by atoms with Gasteiger partial charge in [-0.2, -0.15) is 5.10 Å². The van der Waals surface area contributed by atoms with Crippen LogP contribution in [-0.2, 0) is 4.74 Å². The molecule has 0 bridgehead atoms. The van der Waals surface area contributed by atoms with Gasteiger partial charge in [-0.25, -0.2) is 4.79 Å². The largest absolute Gasteiger partial charge is 0.461 e. The molecule has 2 aromatic rings. The molecule has 0 aliphatic carbocycles. The van der Waals surface area contributed by atoms with Crippen molar-refractivity contribution in [3.8, 4) is 11.4 Å². The fraction of sp³-hybridized carbons (Fsp3) is 0.182. The number of nitrogens with zero attached hydrogens (tertiary/aromatic N) is 2. The summed E-state index contributed by atoms with van der Waals surface area (Å²) in [6.07, 6.45) is 1.68. The van der Waals surface area contributed by atoms with E-state index in [-0.39, 0.29) is 5.69 Å². The van der Waals surface area contributed by atoms with E-state index >= 15 is 0 Å². The molecular weight excluding hydrogens is 206 g/mol. The summed E-state index contributed by atoms with van der Waals surface area (Å²) in [5, 5.41) is 6.62. The summed E-state index contributed by atoms with van der Waals surface area (Å²) < 4.78 is 4.84. The highest BCUT2D eigenvalue weighted by molar-refractivity contribution is 5.88. The molecule has 1 N–H and O–H groups in total. The van der Waals surface area contributed by atoms with E-state index in [0.29, 0.717) is 12.3 Å². The molecule has 5 nitrogen and oxygen atoms in total. The molecule has 0 spiro atoms. The van der Waals surface area contributed by atoms with Gasteiger partial charge in [-0.15, -0.1) is 0 Å². The van der Waals surface area contributed by atoms with E-state index < -0.39 is 5.97 Å². The molecule has 0 aromatic carbocycles. The van der Waals surface area contributed by atoms with Crippen molar-refractivity contribution in [1.82, 2.24) is 15.2 Å². The highest BCUT2D eigenvalue weighted by Gasteiger charge is 2.12. The first-order valence-electron chi connectivity index (χ1n) is 4.95. The third-order valence-corrected chi connectivity index (χ3v) is 2.00. The molecule has 0 unspecified atom stereocenters. The van der Waals surface area contributed by atoms with Crippen molar-refractivity contribution in [3.05, 3.63) is 36.2 Å². The van der Waals surface area contributed by atoms with Crippen LogP contribution in [-0.4, -0.2) is 27.8 Å². The Balaban J connectivity index is 2.23. The molecule has 0 saturated carbocycles. The van der Waals surface area contributed by atoms with Gasteiger partial charge in [-0.3, -0.25) is 10.1 Å². The predicted molar refractivity (Wildman–Crippen MR) is 57.8 cm³/mol. The third kappa shape index (κ3) is 2.08. The lowest BCUT2D eigenvalue weighted by atomic mass is 10.2. The van der Waals surface area contributed by atoms with E-state index in [2.05, 4.69) is 15.2 Å². The van der Waals surface area contributed by atoms with Crippen molar-refractivity contribution < 1.29 is 9.53 Å². The Kier molecular flexibility index (Phi) is 2.95. The maximum Gasteiger partial charge on any atom is 0.358 e. The van der Waals surface area contributed by atoms with Gasteiger partial charge in [0, 0.05) is 12.3 Å². The van der Waals surface area contributed by atoms with E-state index in [0.717, 1.165) is 5.69 Å². The second-order valence-electron chi connectivity index (χ2n) is 3.10. The van der Waals surface area contributed by atoms with E-state index in [1.165, 1.54) is 0 Å². The normalized spacial score (nSPS) is 10.1. The Bertz CT molecular complexity index is 479. The molecule has 16 heavy (non-hydrogen) atoms. The molecule has 0 fully saturated rings. The SMILES string of the molecule is CCOC(=O)c1cc(-c2ccccn2)[nH]n1. The maximum atomic E-state index is 11.4. The van der Waals surface area contributed by atoms with Crippen LogP contribution in [0.1, 0.15) is 17.4 Å². The first kappa shape index (κ1) is 10.4. The molecule has 2 aromatic heterocycles. The molecule has 5 heteroatoms. The number of ether oxygens (including phenoxy) is 1. The van der Waals surface area contributed by atoms with Gasteiger partial charge in [-0.1, -0.05) is 6.07 Å². The van der Waals surface area contributed by atoms with Crippen molar-refractivity contribution in [2.24, 2.45) is 0 Å². The van der Waals surface area contributed by atoms with Crippen molar-refractivity contribution in [3.63, 3.8) is 0 Å². The van der Waals surface area contributed by atoms with Crippen LogP contribution in [0.5, 0.6) is 0 Å². The second-order valence-corrected chi connectivity index (χ2v) is 3.10. The monoisotopic (exact) mass is 217 g/mol. The number of carbonyl (C=O) groups excluding carboxylic acids is 1. The number of carbonyl (C=O) groups is 1. The van der Waals surface area contributed by atoms with Crippen LogP contribution in [0.25, 0.3) is 11.4 Å². The van der Waals surface area contributed by atoms with Crippen LogP contribution < -0.4 is 0 Å². The van der Waals surface area contributed by atoms with Crippen molar-refractivity contribution in [2.45, 2.75) is 6.92 Å². The quantitative estimate of drug-likeness (QED) is 0.794. The average Bonchev–Trinajstić information content (AvgIpc) is 2.80. The molecule has 0 radical (unpaired) electrons. The number of hydrogen-bond donors (Lipinski definition) is 1. The zero-order valence-corrected chi connectivity index (χ0v) is 8.80. The minimum absolute atomic E-state index is 0.266. The van der Waals surface area contributed by atoms with Crippen LogP contribution in [0, 0.1) is 0 Å². The van der Waals surface area contributed by atoms with Gasteiger partial charge in [0.15, 0.2) is 5.69 Å². The lowest BCUT2D eigenvalue weighted by Crippen LogP contribution is -2.04. The number of pyridine rings is 1. The molecule has 0 saturated heterocycles. The van der Waals surface area contributed by atoms with Gasteiger partial charge in [0.05, 0.1) is 18.0 Å². The molecule has 0 aliphatic heterocycles. The molecule has 0 aliphatic rings. The number of aromatic amines is 1. The summed E-state index contributed by atoms with van der Waals surface area (Å²) in [7, 11) is 0. The van der Waals surface area contributed by atoms with E-state index in [9.17, 15) is 4.79 Å². The van der Waals surface area contributed by atoms with Gasteiger partial charge in [0.1, 0.15) is 0 Å². The fourth-order valence-corrected chi connectivity index (χ4v) is 1.28. The van der Waals surface area contributed by atoms with Crippen molar-refractivity contribution >= 4 is 5.97 Å². The second kappa shape index (κ2) is 4.57. The lowest BCUT2D eigenvalue weighted by molar-refractivity contribution is 0.0519. The highest BCUT2D eigenvalue weighted by Crippen LogP contribution is 2.14. The molecule has 82 valence electrons. The maximum absolute atomic E-state index is 11.4. The van der Waals surface area contributed by atoms with Crippen LogP contribution in [0.15, 0.2) is 30.5 Å². The average molecular weight is 217 g/mol. The molecule has 2 rings (SSSR count). The van der Waals surface area contributed by atoms with Crippen LogP contribution in [0.2, 0.25) is 0 Å².